The number of pyridine rings is 1. The van der Waals surface area contributed by atoms with Crippen LogP contribution >= 0.6 is 0 Å². The Labute approximate surface area is 114 Å². The van der Waals surface area contributed by atoms with Crippen LogP contribution in [0, 0.1) is 11.7 Å². The van der Waals surface area contributed by atoms with E-state index in [1.807, 2.05) is 19.0 Å². The van der Waals surface area contributed by atoms with Crippen LogP contribution in [0.5, 0.6) is 0 Å². The fourth-order valence-electron chi connectivity index (χ4n) is 2.01. The standard InChI is InChI=1S/C14H22FN3O/c1-10(2)7-11(9-18(3)4)17-14(19)12-5-6-16-8-13(12)15/h5-6,8,10-11H,7,9H2,1-4H3,(H,17,19). The molecule has 1 heterocycles. The van der Waals surface area contributed by atoms with Crippen molar-refractivity contribution in [3.8, 4) is 0 Å². The SMILES string of the molecule is CC(C)CC(CN(C)C)NC(=O)c1ccncc1F. The molecule has 106 valence electrons. The number of aromatic nitrogens is 1. The summed E-state index contributed by atoms with van der Waals surface area (Å²) in [5, 5.41) is 2.89. The summed E-state index contributed by atoms with van der Waals surface area (Å²) in [5.41, 5.74) is 0.0440. The van der Waals surface area contributed by atoms with Crippen molar-refractivity contribution in [2.75, 3.05) is 20.6 Å². The van der Waals surface area contributed by atoms with Gasteiger partial charge in [-0.05, 0) is 32.5 Å². The highest BCUT2D eigenvalue weighted by atomic mass is 19.1. The van der Waals surface area contributed by atoms with Crippen LogP contribution in [0.3, 0.4) is 0 Å². The maximum atomic E-state index is 13.5. The van der Waals surface area contributed by atoms with Gasteiger partial charge >= 0.3 is 0 Å². The number of hydrogen-bond acceptors (Lipinski definition) is 3. The molecule has 0 bridgehead atoms. The molecule has 0 radical (unpaired) electrons. The number of nitrogens with one attached hydrogen (secondary N) is 1. The molecule has 0 saturated heterocycles. The first-order chi connectivity index (χ1) is 8.90. The molecule has 0 fully saturated rings. The number of likely N-dealkylation sites (N-methyl/N-ethyl adjacent to an activating group) is 1. The van der Waals surface area contributed by atoms with Gasteiger partial charge in [-0.25, -0.2) is 4.39 Å². The Bertz CT molecular complexity index is 411. The first-order valence-electron chi connectivity index (χ1n) is 6.45. The lowest BCUT2D eigenvalue weighted by atomic mass is 10.0. The van der Waals surface area contributed by atoms with Gasteiger partial charge in [0, 0.05) is 18.8 Å². The Morgan fingerprint density at radius 2 is 2.16 bits per heavy atom. The number of nitrogens with zero attached hydrogens (tertiary/aromatic N) is 2. The molecule has 19 heavy (non-hydrogen) atoms. The highest BCUT2D eigenvalue weighted by Crippen LogP contribution is 2.09. The van der Waals surface area contributed by atoms with E-state index in [1.54, 1.807) is 0 Å². The van der Waals surface area contributed by atoms with Gasteiger partial charge in [0.25, 0.3) is 5.91 Å². The highest BCUT2D eigenvalue weighted by Gasteiger charge is 2.18. The van der Waals surface area contributed by atoms with E-state index in [4.69, 9.17) is 0 Å². The molecule has 0 aliphatic heterocycles. The summed E-state index contributed by atoms with van der Waals surface area (Å²) in [7, 11) is 3.90. The van der Waals surface area contributed by atoms with Gasteiger partial charge in [-0.3, -0.25) is 9.78 Å². The number of amides is 1. The van der Waals surface area contributed by atoms with Gasteiger partial charge in [0.15, 0.2) is 5.82 Å². The third-order valence-electron chi connectivity index (χ3n) is 2.69. The van der Waals surface area contributed by atoms with Gasteiger partial charge in [-0.2, -0.15) is 0 Å². The monoisotopic (exact) mass is 267 g/mol. The van der Waals surface area contributed by atoms with E-state index in [2.05, 4.69) is 24.1 Å². The maximum Gasteiger partial charge on any atom is 0.254 e. The van der Waals surface area contributed by atoms with E-state index in [9.17, 15) is 9.18 Å². The zero-order chi connectivity index (χ0) is 14.4. The zero-order valence-corrected chi connectivity index (χ0v) is 12.0. The Morgan fingerprint density at radius 3 is 2.68 bits per heavy atom. The molecule has 0 aromatic carbocycles. The van der Waals surface area contributed by atoms with Crippen LogP contribution in [0.4, 0.5) is 4.39 Å². The summed E-state index contributed by atoms with van der Waals surface area (Å²) in [5.74, 6) is -0.506. The van der Waals surface area contributed by atoms with Gasteiger partial charge in [0.2, 0.25) is 0 Å². The number of carbonyl (C=O) groups is 1. The third kappa shape index (κ3) is 5.34. The van der Waals surface area contributed by atoms with Crippen molar-refractivity contribution >= 4 is 5.91 Å². The van der Waals surface area contributed by atoms with Gasteiger partial charge in [-0.15, -0.1) is 0 Å². The molecule has 1 rings (SSSR count). The number of hydrogen-bond donors (Lipinski definition) is 1. The van der Waals surface area contributed by atoms with Crippen LogP contribution in [0.15, 0.2) is 18.5 Å². The van der Waals surface area contributed by atoms with Crippen LogP contribution in [0.25, 0.3) is 0 Å². The van der Waals surface area contributed by atoms with Crippen molar-refractivity contribution in [2.24, 2.45) is 5.92 Å². The molecule has 0 spiro atoms. The highest BCUT2D eigenvalue weighted by molar-refractivity contribution is 5.94. The summed E-state index contributed by atoms with van der Waals surface area (Å²) in [6, 6.07) is 1.40. The number of halogens is 1. The minimum Gasteiger partial charge on any atom is -0.348 e. The fraction of sp³-hybridized carbons (Fsp3) is 0.571. The lowest BCUT2D eigenvalue weighted by Crippen LogP contribution is -2.42. The summed E-state index contributed by atoms with van der Waals surface area (Å²) in [6.45, 7) is 4.93. The maximum absolute atomic E-state index is 13.5. The quantitative estimate of drug-likeness (QED) is 0.856. The first kappa shape index (κ1) is 15.6. The summed E-state index contributed by atoms with van der Waals surface area (Å²) >= 11 is 0. The van der Waals surface area contributed by atoms with E-state index in [0.717, 1.165) is 19.2 Å². The summed E-state index contributed by atoms with van der Waals surface area (Å²) < 4.78 is 13.5. The normalized spacial score (nSPS) is 12.8. The Balaban J connectivity index is 2.73. The minimum absolute atomic E-state index is 0.00932. The largest absolute Gasteiger partial charge is 0.348 e. The molecular weight excluding hydrogens is 245 g/mol. The average Bonchev–Trinajstić information content (AvgIpc) is 2.27. The molecule has 1 atom stereocenters. The topological polar surface area (TPSA) is 45.2 Å². The Morgan fingerprint density at radius 1 is 1.47 bits per heavy atom. The molecule has 1 aromatic rings. The van der Waals surface area contributed by atoms with Crippen LogP contribution in [-0.4, -0.2) is 42.5 Å². The van der Waals surface area contributed by atoms with Crippen molar-refractivity contribution in [2.45, 2.75) is 26.3 Å². The molecular formula is C14H22FN3O. The van der Waals surface area contributed by atoms with Gasteiger partial charge in [-0.1, -0.05) is 13.8 Å². The van der Waals surface area contributed by atoms with E-state index in [1.165, 1.54) is 12.3 Å². The molecule has 0 aliphatic carbocycles. The fourth-order valence-corrected chi connectivity index (χ4v) is 2.01. The first-order valence-corrected chi connectivity index (χ1v) is 6.45. The van der Waals surface area contributed by atoms with E-state index >= 15 is 0 Å². The number of rotatable bonds is 6. The van der Waals surface area contributed by atoms with Crippen molar-refractivity contribution < 1.29 is 9.18 Å². The number of carbonyl (C=O) groups excluding carboxylic acids is 1. The lowest BCUT2D eigenvalue weighted by Gasteiger charge is -2.24. The Kier molecular flexibility index (Phi) is 5.89. The molecule has 1 N–H and O–H groups in total. The lowest BCUT2D eigenvalue weighted by molar-refractivity contribution is 0.0920. The molecule has 0 saturated carbocycles. The average molecular weight is 267 g/mol. The minimum atomic E-state index is -0.590. The summed E-state index contributed by atoms with van der Waals surface area (Å²) in [4.78, 5) is 17.7. The van der Waals surface area contributed by atoms with E-state index < -0.39 is 5.82 Å². The van der Waals surface area contributed by atoms with Crippen molar-refractivity contribution in [3.63, 3.8) is 0 Å². The molecule has 4 nitrogen and oxygen atoms in total. The molecule has 5 heteroatoms. The molecule has 1 amide bonds. The third-order valence-corrected chi connectivity index (χ3v) is 2.69. The second-order valence-corrected chi connectivity index (χ2v) is 5.42. The molecule has 1 aromatic heterocycles. The van der Waals surface area contributed by atoms with Gasteiger partial charge in [0.05, 0.1) is 11.8 Å². The molecule has 0 aliphatic rings. The second kappa shape index (κ2) is 7.19. The van der Waals surface area contributed by atoms with Crippen molar-refractivity contribution in [1.82, 2.24) is 15.2 Å². The smallest absolute Gasteiger partial charge is 0.254 e. The Hall–Kier alpha value is -1.49. The summed E-state index contributed by atoms with van der Waals surface area (Å²) in [6.07, 6.45) is 3.33. The predicted octanol–water partition coefficient (Wildman–Crippen LogP) is 1.93. The van der Waals surface area contributed by atoms with Crippen LogP contribution < -0.4 is 5.32 Å². The van der Waals surface area contributed by atoms with E-state index in [0.29, 0.717) is 5.92 Å². The zero-order valence-electron chi connectivity index (χ0n) is 12.0. The van der Waals surface area contributed by atoms with Crippen LogP contribution in [0.1, 0.15) is 30.6 Å². The van der Waals surface area contributed by atoms with Crippen molar-refractivity contribution in [1.29, 1.82) is 0 Å². The van der Waals surface area contributed by atoms with Crippen LogP contribution in [0.2, 0.25) is 0 Å². The van der Waals surface area contributed by atoms with E-state index in [-0.39, 0.29) is 17.5 Å². The van der Waals surface area contributed by atoms with Gasteiger partial charge in [0.1, 0.15) is 0 Å². The predicted molar refractivity (Wildman–Crippen MR) is 73.5 cm³/mol. The van der Waals surface area contributed by atoms with Crippen LogP contribution in [-0.2, 0) is 0 Å². The van der Waals surface area contributed by atoms with Crippen molar-refractivity contribution in [3.05, 3.63) is 29.8 Å². The second-order valence-electron chi connectivity index (χ2n) is 5.42. The molecule has 1 unspecified atom stereocenters. The van der Waals surface area contributed by atoms with Gasteiger partial charge < -0.3 is 10.2 Å².